The standard InChI is InChI=1S/CN.Ca.H2O/c1-2;;/h;;1H2/q-1;+2;/p-1. The molecule has 0 aliphatic rings. The summed E-state index contributed by atoms with van der Waals surface area (Å²) in [4.78, 5) is 0. The van der Waals surface area contributed by atoms with Crippen molar-refractivity contribution in [3.05, 3.63) is 6.57 Å². The van der Waals surface area contributed by atoms with Crippen LogP contribution < -0.4 is 0 Å². The molecule has 3 heteroatoms. The molecule has 1 N–H and O–H groups in total. The SMILES string of the molecule is [C-]#N.[Ca+2].[OH-]. The van der Waals surface area contributed by atoms with Gasteiger partial charge in [-0.25, -0.2) is 0 Å². The van der Waals surface area contributed by atoms with Crippen LogP contribution in [0.1, 0.15) is 0 Å². The minimum absolute atomic E-state index is 0. The first kappa shape index (κ1) is 22.2. The van der Waals surface area contributed by atoms with Gasteiger partial charge in [-0.2, -0.15) is 0 Å². The average Bonchev–Trinajstić information content (AvgIpc) is 1.00. The minimum atomic E-state index is 0. The van der Waals surface area contributed by atoms with Crippen molar-refractivity contribution in [1.82, 2.24) is 0 Å². The molecule has 0 saturated carbocycles. The van der Waals surface area contributed by atoms with Crippen LogP contribution in [-0.2, 0) is 0 Å². The minimum Gasteiger partial charge on any atom is -0.870 e. The molecule has 0 radical (unpaired) electrons. The van der Waals surface area contributed by atoms with E-state index in [0.29, 0.717) is 0 Å². The molecule has 0 aromatic rings. The van der Waals surface area contributed by atoms with Crippen molar-refractivity contribution in [2.45, 2.75) is 0 Å². The predicted molar refractivity (Wildman–Crippen MR) is 12.7 cm³/mol. The zero-order valence-electron chi connectivity index (χ0n) is 2.10. The third kappa shape index (κ3) is 15.7. The second-order valence-corrected chi connectivity index (χ2v) is 0. The molecule has 0 spiro atoms. The molecule has 4 heavy (non-hydrogen) atoms. The molecule has 0 atom stereocenters. The molecule has 18 valence electrons. The van der Waals surface area contributed by atoms with Crippen molar-refractivity contribution in [2.75, 3.05) is 0 Å². The van der Waals surface area contributed by atoms with E-state index in [4.69, 9.17) is 11.8 Å². The first-order valence-corrected chi connectivity index (χ1v) is 0.224. The number of rotatable bonds is 0. The molecule has 0 aromatic heterocycles. The van der Waals surface area contributed by atoms with E-state index in [2.05, 4.69) is 0 Å². The third-order valence-electron chi connectivity index (χ3n) is 0. The van der Waals surface area contributed by atoms with Crippen LogP contribution in [0.3, 0.4) is 0 Å². The van der Waals surface area contributed by atoms with Crippen LogP contribution in [0.15, 0.2) is 0 Å². The fourth-order valence-electron chi connectivity index (χ4n) is 0. The first-order chi connectivity index (χ1) is 1.00. The Bertz CT molecular complexity index is 12.8. The quantitative estimate of drug-likeness (QED) is 0.294. The molecule has 2 nitrogen and oxygen atoms in total. The fraction of sp³-hybridized carbons (Fsp3) is 0. The molecule has 0 aliphatic heterocycles. The maximum Gasteiger partial charge on any atom is 2.00 e. The van der Waals surface area contributed by atoms with Gasteiger partial charge in [0.25, 0.3) is 0 Å². The molecule has 0 fully saturated rings. The van der Waals surface area contributed by atoms with Gasteiger partial charge in [-0.05, 0) is 0 Å². The van der Waals surface area contributed by atoms with Crippen molar-refractivity contribution in [1.29, 1.82) is 5.26 Å². The maximum absolute atomic E-state index is 6.25. The molecule has 0 amide bonds. The molecule has 0 heterocycles. The van der Waals surface area contributed by atoms with Gasteiger partial charge in [0.2, 0.25) is 0 Å². The zero-order chi connectivity index (χ0) is 2.00. The summed E-state index contributed by atoms with van der Waals surface area (Å²) in [5, 5.41) is 6.25. The van der Waals surface area contributed by atoms with Gasteiger partial charge < -0.3 is 17.3 Å². The second-order valence-electron chi connectivity index (χ2n) is 0. The smallest absolute Gasteiger partial charge is 0.870 e. The third-order valence-corrected chi connectivity index (χ3v) is 0. The van der Waals surface area contributed by atoms with Crippen LogP contribution in [0, 0.1) is 11.8 Å². The van der Waals surface area contributed by atoms with Gasteiger partial charge in [-0.1, -0.05) is 0 Å². The summed E-state index contributed by atoms with van der Waals surface area (Å²) in [7, 11) is 0. The Morgan fingerprint density at radius 2 is 1.25 bits per heavy atom. The predicted octanol–water partition coefficient (Wildman–Crippen LogP) is -0.461. The van der Waals surface area contributed by atoms with Gasteiger partial charge in [0.15, 0.2) is 0 Å². The van der Waals surface area contributed by atoms with Crippen molar-refractivity contribution in [2.24, 2.45) is 0 Å². The summed E-state index contributed by atoms with van der Waals surface area (Å²) in [6, 6.07) is 0. The van der Waals surface area contributed by atoms with Gasteiger partial charge in [0.1, 0.15) is 0 Å². The monoisotopic (exact) mass is 83.0 g/mol. The molecule has 0 aliphatic carbocycles. The maximum atomic E-state index is 6.25. The van der Waals surface area contributed by atoms with Crippen LogP contribution >= 0.6 is 0 Å². The van der Waals surface area contributed by atoms with E-state index in [-0.39, 0.29) is 43.2 Å². The van der Waals surface area contributed by atoms with Gasteiger partial charge in [0.05, 0.1) is 0 Å². The zero-order valence-corrected chi connectivity index (χ0v) is 4.31. The van der Waals surface area contributed by atoms with E-state index in [1.165, 1.54) is 0 Å². The molecule has 0 saturated heterocycles. The van der Waals surface area contributed by atoms with Gasteiger partial charge in [0, 0.05) is 0 Å². The van der Waals surface area contributed by atoms with Crippen molar-refractivity contribution < 1.29 is 5.48 Å². The van der Waals surface area contributed by atoms with Gasteiger partial charge in [-0.15, -0.1) is 0 Å². The topological polar surface area (TPSA) is 53.8 Å². The summed E-state index contributed by atoms with van der Waals surface area (Å²) < 4.78 is 0. The van der Waals surface area contributed by atoms with Gasteiger partial charge >= 0.3 is 37.7 Å². The van der Waals surface area contributed by atoms with E-state index in [0.717, 1.165) is 0 Å². The summed E-state index contributed by atoms with van der Waals surface area (Å²) in [5.41, 5.74) is 0. The van der Waals surface area contributed by atoms with E-state index in [1.54, 1.807) is 0 Å². The van der Waals surface area contributed by atoms with E-state index in [1.807, 2.05) is 0 Å². The normalized spacial score (nSPS) is 0.500. The first-order valence-electron chi connectivity index (χ1n) is 0.224. The molecule has 0 aromatic carbocycles. The largest absolute Gasteiger partial charge is 2.00 e. The Hall–Kier alpha value is 0.710. The van der Waals surface area contributed by atoms with E-state index >= 15 is 0 Å². The summed E-state index contributed by atoms with van der Waals surface area (Å²) in [6.45, 7) is 4.75. The molecular formula is CHCaNO. The molecule has 0 rings (SSSR count). The van der Waals surface area contributed by atoms with Crippen molar-refractivity contribution in [3.63, 3.8) is 0 Å². The average molecular weight is 83.1 g/mol. The molecule has 0 bridgehead atoms. The van der Waals surface area contributed by atoms with Crippen LogP contribution in [0.5, 0.6) is 0 Å². The van der Waals surface area contributed by atoms with E-state index < -0.39 is 0 Å². The summed E-state index contributed by atoms with van der Waals surface area (Å²) in [6.07, 6.45) is 0. The Balaban J connectivity index is -0.00000000500. The Labute approximate surface area is 54.7 Å². The van der Waals surface area contributed by atoms with Crippen molar-refractivity contribution >= 4 is 37.7 Å². The van der Waals surface area contributed by atoms with Crippen LogP contribution in [0.25, 0.3) is 0 Å². The van der Waals surface area contributed by atoms with Crippen LogP contribution in [0.4, 0.5) is 0 Å². The van der Waals surface area contributed by atoms with Gasteiger partial charge in [-0.3, -0.25) is 0 Å². The number of hydrogen-bond donors (Lipinski definition) is 0. The fourth-order valence-corrected chi connectivity index (χ4v) is 0. The van der Waals surface area contributed by atoms with E-state index in [9.17, 15) is 0 Å². The summed E-state index contributed by atoms with van der Waals surface area (Å²) >= 11 is 0. The second kappa shape index (κ2) is 54.1. The van der Waals surface area contributed by atoms with Crippen LogP contribution in [0.2, 0.25) is 0 Å². The Morgan fingerprint density at radius 3 is 1.25 bits per heavy atom. The van der Waals surface area contributed by atoms with Crippen molar-refractivity contribution in [3.8, 4) is 0 Å². The molecule has 0 unspecified atom stereocenters. The number of hydrogen-bond acceptors (Lipinski definition) is 2. The number of nitrogens with zero attached hydrogens (tertiary/aromatic N) is 1. The summed E-state index contributed by atoms with van der Waals surface area (Å²) in [5.74, 6) is 0. The van der Waals surface area contributed by atoms with Crippen LogP contribution in [-0.4, -0.2) is 43.2 Å². The Morgan fingerprint density at radius 1 is 1.25 bits per heavy atom. The Kier molecular flexibility index (Phi) is 300. The molecular weight excluding hydrogens is 82.1 g/mol.